The van der Waals surface area contributed by atoms with Crippen molar-refractivity contribution in [3.05, 3.63) is 41.8 Å². The van der Waals surface area contributed by atoms with Gasteiger partial charge in [-0.25, -0.2) is 8.42 Å². The highest BCUT2D eigenvalue weighted by molar-refractivity contribution is 8.01. The van der Waals surface area contributed by atoms with Gasteiger partial charge in [-0.05, 0) is 29.6 Å². The molecule has 19 heavy (non-hydrogen) atoms. The van der Waals surface area contributed by atoms with Gasteiger partial charge in [0, 0.05) is 12.0 Å². The zero-order chi connectivity index (χ0) is 13.7. The Morgan fingerprint density at radius 2 is 2.11 bits per heavy atom. The highest BCUT2D eigenvalue weighted by Gasteiger charge is 2.07. The van der Waals surface area contributed by atoms with Crippen LogP contribution in [0.15, 0.2) is 50.9 Å². The fourth-order valence-electron chi connectivity index (χ4n) is 1.44. The Morgan fingerprint density at radius 3 is 2.79 bits per heavy atom. The molecule has 1 aromatic carbocycles. The molecule has 0 saturated heterocycles. The van der Waals surface area contributed by atoms with Gasteiger partial charge in [0.15, 0.2) is 9.84 Å². The van der Waals surface area contributed by atoms with Crippen molar-refractivity contribution >= 4 is 32.9 Å². The standard InChI is InChI=1S/C13H14O3S3/c1-19(14,15)12-5-2-4-11(10-12)16-7-9-18-13-6-3-8-17-13/h2-6,8,10H,7,9H2,1H3. The highest BCUT2D eigenvalue weighted by Crippen LogP contribution is 2.23. The molecule has 0 radical (unpaired) electrons. The van der Waals surface area contributed by atoms with Gasteiger partial charge in [0.1, 0.15) is 5.75 Å². The highest BCUT2D eigenvalue weighted by atomic mass is 32.2. The third-order valence-electron chi connectivity index (χ3n) is 2.33. The molecule has 0 aliphatic heterocycles. The van der Waals surface area contributed by atoms with Crippen molar-refractivity contribution in [2.45, 2.75) is 9.10 Å². The molecule has 0 N–H and O–H groups in total. The molecule has 0 unspecified atom stereocenters. The number of thiophene rings is 1. The third-order valence-corrected chi connectivity index (χ3v) is 5.53. The maximum Gasteiger partial charge on any atom is 0.175 e. The van der Waals surface area contributed by atoms with E-state index in [9.17, 15) is 8.42 Å². The van der Waals surface area contributed by atoms with Gasteiger partial charge in [0.2, 0.25) is 0 Å². The van der Waals surface area contributed by atoms with Crippen LogP contribution in [0.1, 0.15) is 0 Å². The van der Waals surface area contributed by atoms with Gasteiger partial charge in [-0.15, -0.1) is 23.1 Å². The Balaban J connectivity index is 1.86. The number of ether oxygens (including phenoxy) is 1. The van der Waals surface area contributed by atoms with E-state index in [4.69, 9.17) is 4.74 Å². The molecule has 0 aliphatic carbocycles. The van der Waals surface area contributed by atoms with Gasteiger partial charge in [-0.1, -0.05) is 12.1 Å². The Morgan fingerprint density at radius 1 is 1.26 bits per heavy atom. The average molecular weight is 314 g/mol. The molecule has 6 heteroatoms. The summed E-state index contributed by atoms with van der Waals surface area (Å²) in [4.78, 5) is 0.288. The van der Waals surface area contributed by atoms with Gasteiger partial charge in [-0.3, -0.25) is 0 Å². The topological polar surface area (TPSA) is 43.4 Å². The van der Waals surface area contributed by atoms with E-state index >= 15 is 0 Å². The molecule has 3 nitrogen and oxygen atoms in total. The van der Waals surface area contributed by atoms with E-state index in [0.717, 1.165) is 5.75 Å². The second kappa shape index (κ2) is 6.45. The lowest BCUT2D eigenvalue weighted by molar-refractivity contribution is 0.343. The molecule has 1 aromatic heterocycles. The molecule has 102 valence electrons. The maximum absolute atomic E-state index is 11.4. The van der Waals surface area contributed by atoms with Crippen LogP contribution in [0.25, 0.3) is 0 Å². The van der Waals surface area contributed by atoms with E-state index in [-0.39, 0.29) is 4.90 Å². The Hall–Kier alpha value is -0.980. The van der Waals surface area contributed by atoms with E-state index in [0.29, 0.717) is 12.4 Å². The number of hydrogen-bond acceptors (Lipinski definition) is 5. The van der Waals surface area contributed by atoms with Crippen molar-refractivity contribution in [2.75, 3.05) is 18.6 Å². The summed E-state index contributed by atoms with van der Waals surface area (Å²) in [5.41, 5.74) is 0. The number of benzene rings is 1. The fourth-order valence-corrected chi connectivity index (χ4v) is 3.78. The van der Waals surface area contributed by atoms with Crippen LogP contribution in [0.5, 0.6) is 5.75 Å². The first-order valence-electron chi connectivity index (χ1n) is 5.65. The van der Waals surface area contributed by atoms with Gasteiger partial charge < -0.3 is 4.74 Å². The molecule has 0 aliphatic rings. The van der Waals surface area contributed by atoms with Crippen LogP contribution >= 0.6 is 23.1 Å². The van der Waals surface area contributed by atoms with Crippen LogP contribution < -0.4 is 4.74 Å². The first-order chi connectivity index (χ1) is 9.05. The van der Waals surface area contributed by atoms with Crippen LogP contribution in [0.2, 0.25) is 0 Å². The first kappa shape index (κ1) is 14.4. The van der Waals surface area contributed by atoms with Crippen molar-refractivity contribution in [3.8, 4) is 5.75 Å². The fraction of sp³-hybridized carbons (Fsp3) is 0.231. The monoisotopic (exact) mass is 314 g/mol. The minimum absolute atomic E-state index is 0.288. The predicted octanol–water partition coefficient (Wildman–Crippen LogP) is 3.32. The zero-order valence-electron chi connectivity index (χ0n) is 10.4. The SMILES string of the molecule is CS(=O)(=O)c1cccc(OCCSc2cccs2)c1. The smallest absolute Gasteiger partial charge is 0.175 e. The molecule has 0 atom stereocenters. The molecule has 0 bridgehead atoms. The van der Waals surface area contributed by atoms with Crippen LogP contribution in [0.4, 0.5) is 0 Å². The quantitative estimate of drug-likeness (QED) is 0.606. The van der Waals surface area contributed by atoms with Gasteiger partial charge >= 0.3 is 0 Å². The summed E-state index contributed by atoms with van der Waals surface area (Å²) in [7, 11) is -3.17. The van der Waals surface area contributed by atoms with Gasteiger partial charge in [0.25, 0.3) is 0 Å². The van der Waals surface area contributed by atoms with E-state index in [1.807, 2.05) is 11.4 Å². The summed E-state index contributed by atoms with van der Waals surface area (Å²) in [6, 6.07) is 10.7. The van der Waals surface area contributed by atoms with Crippen molar-refractivity contribution in [1.29, 1.82) is 0 Å². The van der Waals surface area contributed by atoms with Crippen LogP contribution in [-0.4, -0.2) is 27.0 Å². The largest absolute Gasteiger partial charge is 0.493 e. The molecule has 2 rings (SSSR count). The average Bonchev–Trinajstić information content (AvgIpc) is 2.87. The number of rotatable bonds is 6. The molecule has 0 saturated carbocycles. The summed E-state index contributed by atoms with van der Waals surface area (Å²) in [5, 5.41) is 2.04. The van der Waals surface area contributed by atoms with E-state index in [1.165, 1.54) is 10.5 Å². The molecule has 0 spiro atoms. The summed E-state index contributed by atoms with van der Waals surface area (Å²) >= 11 is 3.43. The minimum Gasteiger partial charge on any atom is -0.493 e. The van der Waals surface area contributed by atoms with Crippen LogP contribution in [0, 0.1) is 0 Å². The molecule has 0 fully saturated rings. The third kappa shape index (κ3) is 4.56. The first-order valence-corrected chi connectivity index (χ1v) is 9.40. The second-order valence-corrected chi connectivity index (χ2v) is 8.23. The molecular weight excluding hydrogens is 300 g/mol. The Kier molecular flexibility index (Phi) is 4.90. The van der Waals surface area contributed by atoms with Crippen molar-refractivity contribution in [1.82, 2.24) is 0 Å². The molecular formula is C13H14O3S3. The van der Waals surface area contributed by atoms with Crippen molar-refractivity contribution in [3.63, 3.8) is 0 Å². The lowest BCUT2D eigenvalue weighted by Crippen LogP contribution is -2.02. The van der Waals surface area contributed by atoms with E-state index in [2.05, 4.69) is 6.07 Å². The summed E-state index contributed by atoms with van der Waals surface area (Å²) < 4.78 is 29.6. The van der Waals surface area contributed by atoms with Gasteiger partial charge in [0.05, 0.1) is 15.7 Å². The maximum atomic E-state index is 11.4. The molecule has 1 heterocycles. The lowest BCUT2D eigenvalue weighted by atomic mass is 10.3. The number of hydrogen-bond donors (Lipinski definition) is 0. The summed E-state index contributed by atoms with van der Waals surface area (Å²) in [6.07, 6.45) is 1.19. The molecule has 2 aromatic rings. The van der Waals surface area contributed by atoms with E-state index < -0.39 is 9.84 Å². The number of thioether (sulfide) groups is 1. The minimum atomic E-state index is -3.17. The van der Waals surface area contributed by atoms with Crippen molar-refractivity contribution in [2.24, 2.45) is 0 Å². The zero-order valence-corrected chi connectivity index (χ0v) is 12.9. The van der Waals surface area contributed by atoms with E-state index in [1.54, 1.807) is 47.4 Å². The van der Waals surface area contributed by atoms with Crippen LogP contribution in [0.3, 0.4) is 0 Å². The predicted molar refractivity (Wildman–Crippen MR) is 80.1 cm³/mol. The molecule has 0 amide bonds. The Bertz CT molecular complexity index is 618. The summed E-state index contributed by atoms with van der Waals surface area (Å²) in [5.74, 6) is 1.43. The summed E-state index contributed by atoms with van der Waals surface area (Å²) in [6.45, 7) is 0.551. The second-order valence-electron chi connectivity index (χ2n) is 3.88. The lowest BCUT2D eigenvalue weighted by Gasteiger charge is -2.06. The number of sulfone groups is 1. The van der Waals surface area contributed by atoms with Crippen molar-refractivity contribution < 1.29 is 13.2 Å². The van der Waals surface area contributed by atoms with Gasteiger partial charge in [-0.2, -0.15) is 0 Å². The normalized spacial score (nSPS) is 11.4. The Labute approximate surface area is 121 Å². The van der Waals surface area contributed by atoms with Crippen LogP contribution in [-0.2, 0) is 9.84 Å².